The molecule has 2 fully saturated rings. The topological polar surface area (TPSA) is 38.5 Å². The third-order valence-electron chi connectivity index (χ3n) is 3.96. The summed E-state index contributed by atoms with van der Waals surface area (Å²) in [4.78, 5) is 2.57. The van der Waals surface area contributed by atoms with Crippen molar-refractivity contribution >= 4 is 11.8 Å². The Morgan fingerprint density at radius 2 is 2.44 bits per heavy atom. The van der Waals surface area contributed by atoms with E-state index in [9.17, 15) is 0 Å². The van der Waals surface area contributed by atoms with Crippen molar-refractivity contribution in [2.75, 3.05) is 37.7 Å². The first-order valence-corrected chi connectivity index (χ1v) is 7.61. The number of hydrogen-bond donors (Lipinski definition) is 1. The van der Waals surface area contributed by atoms with Crippen molar-refractivity contribution in [3.63, 3.8) is 0 Å². The minimum absolute atomic E-state index is 0.255. The average Bonchev–Trinajstić information content (AvgIpc) is 2.97. The molecule has 0 saturated carbocycles. The van der Waals surface area contributed by atoms with Crippen molar-refractivity contribution in [1.29, 1.82) is 0 Å². The molecule has 0 aromatic rings. The minimum Gasteiger partial charge on any atom is -0.377 e. The van der Waals surface area contributed by atoms with E-state index in [2.05, 4.69) is 11.8 Å². The van der Waals surface area contributed by atoms with Gasteiger partial charge in [-0.2, -0.15) is 11.8 Å². The Kier molecular flexibility index (Phi) is 4.53. The van der Waals surface area contributed by atoms with Gasteiger partial charge in [-0.25, -0.2) is 0 Å². The Morgan fingerprint density at radius 1 is 1.56 bits per heavy atom. The van der Waals surface area contributed by atoms with Gasteiger partial charge in [-0.3, -0.25) is 4.90 Å². The monoisotopic (exact) mass is 244 g/mol. The zero-order chi connectivity index (χ0) is 11.4. The van der Waals surface area contributed by atoms with Gasteiger partial charge in [0.2, 0.25) is 0 Å². The molecular formula is C12H24N2OS. The molecule has 2 aliphatic rings. The summed E-state index contributed by atoms with van der Waals surface area (Å²) in [6, 6.07) is 0. The van der Waals surface area contributed by atoms with Gasteiger partial charge in [-0.05, 0) is 31.6 Å². The summed E-state index contributed by atoms with van der Waals surface area (Å²) in [6.07, 6.45) is 4.15. The fraction of sp³-hybridized carbons (Fsp3) is 1.00. The highest BCUT2D eigenvalue weighted by Gasteiger charge is 2.39. The van der Waals surface area contributed by atoms with Crippen LogP contribution in [-0.2, 0) is 4.74 Å². The fourth-order valence-corrected chi connectivity index (χ4v) is 4.32. The summed E-state index contributed by atoms with van der Waals surface area (Å²) in [5.74, 6) is 2.46. The van der Waals surface area contributed by atoms with Crippen molar-refractivity contribution in [1.82, 2.24) is 4.90 Å². The number of thioether (sulfide) groups is 1. The second kappa shape index (κ2) is 5.71. The molecule has 2 N–H and O–H groups in total. The maximum Gasteiger partial charge on any atom is 0.0703 e. The lowest BCUT2D eigenvalue weighted by molar-refractivity contribution is 0.0336. The Labute approximate surface area is 103 Å². The lowest BCUT2D eigenvalue weighted by Gasteiger charge is -2.40. The Balaban J connectivity index is 1.96. The second-order valence-electron chi connectivity index (χ2n) is 4.90. The van der Waals surface area contributed by atoms with Gasteiger partial charge in [0.05, 0.1) is 6.10 Å². The largest absolute Gasteiger partial charge is 0.377 e. The third-order valence-corrected chi connectivity index (χ3v) is 5.20. The molecule has 0 amide bonds. The van der Waals surface area contributed by atoms with E-state index >= 15 is 0 Å². The van der Waals surface area contributed by atoms with Crippen LogP contribution in [0.2, 0.25) is 0 Å². The number of nitrogens with two attached hydrogens (primary N) is 1. The van der Waals surface area contributed by atoms with Crippen molar-refractivity contribution in [2.45, 2.75) is 37.8 Å². The maximum atomic E-state index is 6.02. The van der Waals surface area contributed by atoms with E-state index in [0.29, 0.717) is 6.10 Å². The van der Waals surface area contributed by atoms with Crippen molar-refractivity contribution < 1.29 is 4.74 Å². The molecule has 4 heteroatoms. The zero-order valence-corrected chi connectivity index (χ0v) is 11.1. The molecule has 2 atom stereocenters. The normalized spacial score (nSPS) is 35.1. The van der Waals surface area contributed by atoms with Gasteiger partial charge >= 0.3 is 0 Å². The lowest BCUT2D eigenvalue weighted by atomic mass is 9.95. The van der Waals surface area contributed by atoms with Gasteiger partial charge < -0.3 is 10.5 Å². The van der Waals surface area contributed by atoms with Crippen LogP contribution >= 0.6 is 11.8 Å². The molecule has 0 spiro atoms. The molecule has 0 aromatic carbocycles. The van der Waals surface area contributed by atoms with Crippen LogP contribution in [0.15, 0.2) is 0 Å². The first kappa shape index (κ1) is 12.7. The molecule has 2 saturated heterocycles. The summed E-state index contributed by atoms with van der Waals surface area (Å²) in [7, 11) is 0. The van der Waals surface area contributed by atoms with E-state index in [-0.39, 0.29) is 5.54 Å². The van der Waals surface area contributed by atoms with Crippen molar-refractivity contribution in [2.24, 2.45) is 5.73 Å². The first-order valence-electron chi connectivity index (χ1n) is 6.45. The van der Waals surface area contributed by atoms with Crippen LogP contribution < -0.4 is 5.73 Å². The summed E-state index contributed by atoms with van der Waals surface area (Å²) in [5.41, 5.74) is 6.28. The van der Waals surface area contributed by atoms with Gasteiger partial charge in [-0.15, -0.1) is 0 Å². The van der Waals surface area contributed by atoms with Crippen molar-refractivity contribution in [3.8, 4) is 0 Å². The standard InChI is InChI=1S/C12H24N2OS/c1-2-14(8-11-4-3-6-15-11)12(9-13)5-7-16-10-12/h11H,2-10,13H2,1H3. The minimum atomic E-state index is 0.255. The maximum absolute atomic E-state index is 6.02. The van der Waals surface area contributed by atoms with E-state index in [0.717, 1.165) is 26.2 Å². The van der Waals surface area contributed by atoms with E-state index < -0.39 is 0 Å². The average molecular weight is 244 g/mol. The molecule has 0 radical (unpaired) electrons. The van der Waals surface area contributed by atoms with Crippen LogP contribution in [-0.4, -0.2) is 54.3 Å². The molecule has 0 aromatic heterocycles. The van der Waals surface area contributed by atoms with Crippen LogP contribution in [0, 0.1) is 0 Å². The number of ether oxygens (including phenoxy) is 1. The molecule has 2 rings (SSSR count). The molecule has 3 nitrogen and oxygen atoms in total. The molecule has 0 aliphatic carbocycles. The SMILES string of the molecule is CCN(CC1CCCO1)C1(CN)CCSC1. The predicted molar refractivity (Wildman–Crippen MR) is 69.9 cm³/mol. The van der Waals surface area contributed by atoms with E-state index in [1.807, 2.05) is 11.8 Å². The highest BCUT2D eigenvalue weighted by atomic mass is 32.2. The highest BCUT2D eigenvalue weighted by Crippen LogP contribution is 2.33. The smallest absolute Gasteiger partial charge is 0.0703 e. The molecule has 0 bridgehead atoms. The molecule has 2 heterocycles. The zero-order valence-electron chi connectivity index (χ0n) is 10.3. The first-order chi connectivity index (χ1) is 7.80. The fourth-order valence-electron chi connectivity index (χ4n) is 2.83. The molecule has 2 unspecified atom stereocenters. The van der Waals surface area contributed by atoms with E-state index in [1.54, 1.807) is 0 Å². The lowest BCUT2D eigenvalue weighted by Crippen LogP contribution is -2.56. The molecule has 2 aliphatic heterocycles. The second-order valence-corrected chi connectivity index (χ2v) is 6.01. The number of rotatable bonds is 5. The van der Waals surface area contributed by atoms with Gasteiger partial charge in [0.1, 0.15) is 0 Å². The predicted octanol–water partition coefficient (Wildman–Crippen LogP) is 1.32. The Hall–Kier alpha value is 0.230. The van der Waals surface area contributed by atoms with E-state index in [1.165, 1.54) is 30.8 Å². The molecule has 16 heavy (non-hydrogen) atoms. The summed E-state index contributed by atoms with van der Waals surface area (Å²) >= 11 is 2.04. The quantitative estimate of drug-likeness (QED) is 0.792. The number of hydrogen-bond acceptors (Lipinski definition) is 4. The van der Waals surface area contributed by atoms with Crippen LogP contribution in [0.25, 0.3) is 0 Å². The summed E-state index contributed by atoms with van der Waals surface area (Å²) < 4.78 is 5.75. The number of nitrogens with zero attached hydrogens (tertiary/aromatic N) is 1. The van der Waals surface area contributed by atoms with Gasteiger partial charge in [0.15, 0.2) is 0 Å². The van der Waals surface area contributed by atoms with Gasteiger partial charge in [-0.1, -0.05) is 6.92 Å². The number of likely N-dealkylation sites (N-methyl/N-ethyl adjacent to an activating group) is 1. The highest BCUT2D eigenvalue weighted by molar-refractivity contribution is 7.99. The van der Waals surface area contributed by atoms with Gasteiger partial charge in [0.25, 0.3) is 0 Å². The van der Waals surface area contributed by atoms with Gasteiger partial charge in [0, 0.05) is 31.0 Å². The van der Waals surface area contributed by atoms with E-state index in [4.69, 9.17) is 10.5 Å². The van der Waals surface area contributed by atoms with Crippen LogP contribution in [0.1, 0.15) is 26.2 Å². The van der Waals surface area contributed by atoms with Crippen LogP contribution in [0.3, 0.4) is 0 Å². The van der Waals surface area contributed by atoms with Crippen LogP contribution in [0.4, 0.5) is 0 Å². The Bertz CT molecular complexity index is 213. The summed E-state index contributed by atoms with van der Waals surface area (Å²) in [5, 5.41) is 0. The molecular weight excluding hydrogens is 220 g/mol. The van der Waals surface area contributed by atoms with Crippen molar-refractivity contribution in [3.05, 3.63) is 0 Å². The summed E-state index contributed by atoms with van der Waals surface area (Å²) in [6.45, 7) is 6.16. The molecule has 94 valence electrons. The van der Waals surface area contributed by atoms with Crippen LogP contribution in [0.5, 0.6) is 0 Å². The Morgan fingerprint density at radius 3 is 2.94 bits per heavy atom. The third kappa shape index (κ3) is 2.55.